The van der Waals surface area contributed by atoms with E-state index in [0.717, 1.165) is 26.7 Å². The first-order valence-corrected chi connectivity index (χ1v) is 7.83. The molecule has 114 valence electrons. The third-order valence-corrected chi connectivity index (χ3v) is 4.41. The van der Waals surface area contributed by atoms with Crippen LogP contribution in [0.15, 0.2) is 46.9 Å². The number of aliphatic hydroxyl groups is 1. The van der Waals surface area contributed by atoms with Gasteiger partial charge >= 0.3 is 6.09 Å². The fourth-order valence-corrected chi connectivity index (χ4v) is 3.23. The molecule has 0 unspecified atom stereocenters. The van der Waals surface area contributed by atoms with Gasteiger partial charge in [0.1, 0.15) is 6.61 Å². The molecule has 4 nitrogen and oxygen atoms in total. The van der Waals surface area contributed by atoms with Crippen molar-refractivity contribution < 1.29 is 14.6 Å². The minimum atomic E-state index is -0.322. The molecule has 0 radical (unpaired) electrons. The zero-order chi connectivity index (χ0) is 15.5. The SMILES string of the molecule is O=C(OCc1ccccc1)N1Cc2cc(CO)cc(Br)c2C1. The first-order valence-electron chi connectivity index (χ1n) is 7.04. The van der Waals surface area contributed by atoms with Crippen molar-refractivity contribution in [1.29, 1.82) is 0 Å². The number of rotatable bonds is 3. The van der Waals surface area contributed by atoms with Crippen LogP contribution in [0.1, 0.15) is 22.3 Å². The van der Waals surface area contributed by atoms with Crippen molar-refractivity contribution in [3.05, 3.63) is 69.2 Å². The van der Waals surface area contributed by atoms with Crippen molar-refractivity contribution in [3.63, 3.8) is 0 Å². The molecule has 1 heterocycles. The Kier molecular flexibility index (Phi) is 4.45. The molecule has 1 aliphatic heterocycles. The zero-order valence-electron chi connectivity index (χ0n) is 12.0. The zero-order valence-corrected chi connectivity index (χ0v) is 13.5. The summed E-state index contributed by atoms with van der Waals surface area (Å²) in [4.78, 5) is 13.9. The second-order valence-corrected chi connectivity index (χ2v) is 6.12. The summed E-state index contributed by atoms with van der Waals surface area (Å²) in [7, 11) is 0. The van der Waals surface area contributed by atoms with Gasteiger partial charge < -0.3 is 9.84 Å². The number of ether oxygens (including phenoxy) is 1. The molecular formula is C17H16BrNO3. The summed E-state index contributed by atoms with van der Waals surface area (Å²) in [5.41, 5.74) is 3.94. The first-order chi connectivity index (χ1) is 10.7. The number of carbonyl (C=O) groups is 1. The maximum atomic E-state index is 12.2. The molecule has 22 heavy (non-hydrogen) atoms. The van der Waals surface area contributed by atoms with E-state index in [1.807, 2.05) is 42.5 Å². The molecule has 1 aliphatic rings. The Balaban J connectivity index is 1.65. The Bertz CT molecular complexity index is 688. The van der Waals surface area contributed by atoms with Crippen LogP contribution in [0, 0.1) is 0 Å². The highest BCUT2D eigenvalue weighted by Crippen LogP contribution is 2.31. The molecule has 1 N–H and O–H groups in total. The minimum absolute atomic E-state index is 0.00959. The quantitative estimate of drug-likeness (QED) is 0.908. The third-order valence-electron chi connectivity index (χ3n) is 3.70. The van der Waals surface area contributed by atoms with Crippen LogP contribution in [0.5, 0.6) is 0 Å². The van der Waals surface area contributed by atoms with E-state index >= 15 is 0 Å². The van der Waals surface area contributed by atoms with Crippen molar-refractivity contribution in [2.75, 3.05) is 0 Å². The van der Waals surface area contributed by atoms with E-state index in [1.165, 1.54) is 0 Å². The summed E-state index contributed by atoms with van der Waals surface area (Å²) >= 11 is 3.50. The van der Waals surface area contributed by atoms with Gasteiger partial charge in [0.15, 0.2) is 0 Å². The monoisotopic (exact) mass is 361 g/mol. The number of hydrogen-bond donors (Lipinski definition) is 1. The van der Waals surface area contributed by atoms with Gasteiger partial charge in [-0.25, -0.2) is 4.79 Å². The Labute approximate surface area is 137 Å². The van der Waals surface area contributed by atoms with E-state index in [4.69, 9.17) is 4.74 Å². The van der Waals surface area contributed by atoms with Gasteiger partial charge in [-0.3, -0.25) is 4.90 Å². The lowest BCUT2D eigenvalue weighted by molar-refractivity contribution is 0.0955. The van der Waals surface area contributed by atoms with Gasteiger partial charge in [-0.2, -0.15) is 0 Å². The van der Waals surface area contributed by atoms with Crippen LogP contribution in [-0.2, 0) is 31.0 Å². The summed E-state index contributed by atoms with van der Waals surface area (Å²) in [6.07, 6.45) is -0.322. The van der Waals surface area contributed by atoms with Gasteiger partial charge in [0, 0.05) is 11.0 Å². The normalized spacial score (nSPS) is 13.1. The maximum Gasteiger partial charge on any atom is 0.410 e. The second-order valence-electron chi connectivity index (χ2n) is 5.27. The van der Waals surface area contributed by atoms with Crippen LogP contribution in [-0.4, -0.2) is 16.1 Å². The van der Waals surface area contributed by atoms with Gasteiger partial charge in [0.05, 0.1) is 13.2 Å². The standard InChI is InChI=1S/C17H16BrNO3/c18-16-7-13(10-20)6-14-8-19(9-15(14)16)17(21)22-11-12-4-2-1-3-5-12/h1-7,20H,8-11H2. The first kappa shape index (κ1) is 15.1. The summed E-state index contributed by atoms with van der Waals surface area (Å²) < 4.78 is 6.29. The molecule has 0 bridgehead atoms. The predicted octanol–water partition coefficient (Wildman–Crippen LogP) is 3.59. The molecule has 2 aromatic carbocycles. The highest BCUT2D eigenvalue weighted by Gasteiger charge is 2.26. The van der Waals surface area contributed by atoms with Crippen LogP contribution in [0.25, 0.3) is 0 Å². The predicted molar refractivity (Wildman–Crippen MR) is 85.9 cm³/mol. The molecule has 0 atom stereocenters. The lowest BCUT2D eigenvalue weighted by Gasteiger charge is -2.15. The Hall–Kier alpha value is -1.85. The number of nitrogens with zero attached hydrogens (tertiary/aromatic N) is 1. The number of amides is 1. The highest BCUT2D eigenvalue weighted by molar-refractivity contribution is 9.10. The van der Waals surface area contributed by atoms with E-state index in [2.05, 4.69) is 15.9 Å². The topological polar surface area (TPSA) is 49.8 Å². The van der Waals surface area contributed by atoms with Gasteiger partial charge in [0.2, 0.25) is 0 Å². The molecule has 0 saturated carbocycles. The Morgan fingerprint density at radius 3 is 2.68 bits per heavy atom. The van der Waals surface area contributed by atoms with Gasteiger partial charge in [-0.15, -0.1) is 0 Å². The Morgan fingerprint density at radius 1 is 1.18 bits per heavy atom. The molecule has 0 aliphatic carbocycles. The molecule has 5 heteroatoms. The fourth-order valence-electron chi connectivity index (χ4n) is 2.56. The van der Waals surface area contributed by atoms with Crippen molar-refractivity contribution in [2.24, 2.45) is 0 Å². The average Bonchev–Trinajstić information content (AvgIpc) is 2.98. The van der Waals surface area contributed by atoms with Crippen molar-refractivity contribution in [3.8, 4) is 0 Å². The summed E-state index contributed by atoms with van der Waals surface area (Å²) in [6.45, 7) is 1.30. The maximum absolute atomic E-state index is 12.2. The van der Waals surface area contributed by atoms with Crippen molar-refractivity contribution in [1.82, 2.24) is 4.90 Å². The summed E-state index contributed by atoms with van der Waals surface area (Å²) in [5, 5.41) is 9.25. The third kappa shape index (κ3) is 3.15. The van der Waals surface area contributed by atoms with E-state index in [1.54, 1.807) is 4.90 Å². The molecule has 1 amide bonds. The van der Waals surface area contributed by atoms with E-state index in [-0.39, 0.29) is 19.3 Å². The van der Waals surface area contributed by atoms with Crippen molar-refractivity contribution >= 4 is 22.0 Å². The van der Waals surface area contributed by atoms with Crippen LogP contribution in [0.4, 0.5) is 4.79 Å². The highest BCUT2D eigenvalue weighted by atomic mass is 79.9. The second kappa shape index (κ2) is 6.50. The molecule has 2 aromatic rings. The largest absolute Gasteiger partial charge is 0.445 e. The molecule has 0 saturated heterocycles. The average molecular weight is 362 g/mol. The number of fused-ring (bicyclic) bond motifs is 1. The molecular weight excluding hydrogens is 346 g/mol. The van der Waals surface area contributed by atoms with Gasteiger partial charge in [-0.05, 0) is 28.3 Å². The number of benzene rings is 2. The lowest BCUT2D eigenvalue weighted by Crippen LogP contribution is -2.26. The smallest absolute Gasteiger partial charge is 0.410 e. The molecule has 0 aromatic heterocycles. The number of halogens is 1. The van der Waals surface area contributed by atoms with Crippen LogP contribution in [0.3, 0.4) is 0 Å². The molecule has 3 rings (SSSR count). The number of hydrogen-bond acceptors (Lipinski definition) is 3. The van der Waals surface area contributed by atoms with E-state index < -0.39 is 0 Å². The molecule has 0 fully saturated rings. The molecule has 0 spiro atoms. The van der Waals surface area contributed by atoms with Crippen LogP contribution >= 0.6 is 15.9 Å². The number of carbonyl (C=O) groups excluding carboxylic acids is 1. The van der Waals surface area contributed by atoms with E-state index in [0.29, 0.717) is 13.1 Å². The van der Waals surface area contributed by atoms with Gasteiger partial charge in [-0.1, -0.05) is 52.3 Å². The van der Waals surface area contributed by atoms with E-state index in [9.17, 15) is 9.90 Å². The summed E-state index contributed by atoms with van der Waals surface area (Å²) in [6, 6.07) is 13.4. The van der Waals surface area contributed by atoms with Crippen LogP contribution < -0.4 is 0 Å². The van der Waals surface area contributed by atoms with Gasteiger partial charge in [0.25, 0.3) is 0 Å². The Morgan fingerprint density at radius 2 is 1.95 bits per heavy atom. The van der Waals surface area contributed by atoms with Crippen molar-refractivity contribution in [2.45, 2.75) is 26.3 Å². The minimum Gasteiger partial charge on any atom is -0.445 e. The fraction of sp³-hybridized carbons (Fsp3) is 0.235. The number of aliphatic hydroxyl groups excluding tert-OH is 1. The van der Waals surface area contributed by atoms with Crippen LogP contribution in [0.2, 0.25) is 0 Å². The summed E-state index contributed by atoms with van der Waals surface area (Å²) in [5.74, 6) is 0. The lowest BCUT2D eigenvalue weighted by atomic mass is 10.1.